The molecule has 0 atom stereocenters. The Morgan fingerprint density at radius 1 is 1.33 bits per heavy atom. The van der Waals surface area contributed by atoms with Gasteiger partial charge in [-0.2, -0.15) is 0 Å². The van der Waals surface area contributed by atoms with E-state index in [1.54, 1.807) is 7.05 Å². The zero-order chi connectivity index (χ0) is 9.14. The SMILES string of the molecule is CNc1ccc(C(F)F)c(F)c1. The Morgan fingerprint density at radius 2 is 2.00 bits per heavy atom. The van der Waals surface area contributed by atoms with Gasteiger partial charge in [0.25, 0.3) is 6.43 Å². The van der Waals surface area contributed by atoms with Crippen LogP contribution in [-0.2, 0) is 0 Å². The van der Waals surface area contributed by atoms with Crippen molar-refractivity contribution in [3.63, 3.8) is 0 Å². The number of hydrogen-bond acceptors (Lipinski definition) is 1. The standard InChI is InChI=1S/C8H8F3N/c1-12-5-2-3-6(8(10)11)7(9)4-5/h2-4,8,12H,1H3. The first-order valence-electron chi connectivity index (χ1n) is 3.40. The fraction of sp³-hybridized carbons (Fsp3) is 0.250. The van der Waals surface area contributed by atoms with E-state index in [4.69, 9.17) is 0 Å². The summed E-state index contributed by atoms with van der Waals surface area (Å²) in [5.74, 6) is -0.878. The molecule has 0 aliphatic rings. The van der Waals surface area contributed by atoms with Crippen molar-refractivity contribution in [1.29, 1.82) is 0 Å². The summed E-state index contributed by atoms with van der Waals surface area (Å²) >= 11 is 0. The van der Waals surface area contributed by atoms with E-state index in [2.05, 4.69) is 5.32 Å². The topological polar surface area (TPSA) is 12.0 Å². The third kappa shape index (κ3) is 1.69. The normalized spacial score (nSPS) is 10.4. The Labute approximate surface area is 68.2 Å². The number of hydrogen-bond donors (Lipinski definition) is 1. The third-order valence-corrected chi connectivity index (χ3v) is 1.52. The van der Waals surface area contributed by atoms with Gasteiger partial charge in [-0.3, -0.25) is 0 Å². The molecule has 1 nitrogen and oxygen atoms in total. The minimum Gasteiger partial charge on any atom is -0.388 e. The summed E-state index contributed by atoms with van der Waals surface area (Å²) in [6, 6.07) is 3.53. The lowest BCUT2D eigenvalue weighted by Crippen LogP contribution is -1.93. The molecule has 0 bridgehead atoms. The number of benzene rings is 1. The zero-order valence-corrected chi connectivity index (χ0v) is 6.44. The molecule has 0 fully saturated rings. The van der Waals surface area contributed by atoms with Crippen LogP contribution in [0.5, 0.6) is 0 Å². The van der Waals surface area contributed by atoms with Crippen LogP contribution in [0.25, 0.3) is 0 Å². The van der Waals surface area contributed by atoms with Crippen LogP contribution in [0.1, 0.15) is 12.0 Å². The molecule has 1 N–H and O–H groups in total. The van der Waals surface area contributed by atoms with Crippen LogP contribution in [0.2, 0.25) is 0 Å². The molecule has 0 saturated heterocycles. The summed E-state index contributed by atoms with van der Waals surface area (Å²) in [5.41, 5.74) is -0.0779. The summed E-state index contributed by atoms with van der Waals surface area (Å²) < 4.78 is 36.8. The highest BCUT2D eigenvalue weighted by Crippen LogP contribution is 2.23. The van der Waals surface area contributed by atoms with Crippen molar-refractivity contribution >= 4 is 5.69 Å². The molecule has 66 valence electrons. The average molecular weight is 175 g/mol. The lowest BCUT2D eigenvalue weighted by Gasteiger charge is -2.03. The molecule has 0 saturated carbocycles. The Bertz CT molecular complexity index is 273. The molecule has 0 aromatic heterocycles. The van der Waals surface area contributed by atoms with E-state index in [1.165, 1.54) is 6.07 Å². The summed E-state index contributed by atoms with van der Waals surface area (Å²) in [4.78, 5) is 0. The number of halogens is 3. The maximum atomic E-state index is 12.8. The fourth-order valence-corrected chi connectivity index (χ4v) is 0.860. The van der Waals surface area contributed by atoms with Crippen molar-refractivity contribution in [2.24, 2.45) is 0 Å². The van der Waals surface area contributed by atoms with E-state index in [0.717, 1.165) is 12.1 Å². The van der Waals surface area contributed by atoms with E-state index in [9.17, 15) is 13.2 Å². The monoisotopic (exact) mass is 175 g/mol. The van der Waals surface area contributed by atoms with E-state index in [-0.39, 0.29) is 0 Å². The van der Waals surface area contributed by atoms with Gasteiger partial charge in [0, 0.05) is 12.7 Å². The van der Waals surface area contributed by atoms with E-state index >= 15 is 0 Å². The van der Waals surface area contributed by atoms with E-state index in [0.29, 0.717) is 5.69 Å². The first-order valence-corrected chi connectivity index (χ1v) is 3.40. The summed E-state index contributed by atoms with van der Waals surface area (Å²) in [5, 5.41) is 2.65. The summed E-state index contributed by atoms with van der Waals surface area (Å²) in [6.07, 6.45) is -2.75. The van der Waals surface area contributed by atoms with Crippen molar-refractivity contribution in [3.05, 3.63) is 29.6 Å². The van der Waals surface area contributed by atoms with Crippen LogP contribution in [0.15, 0.2) is 18.2 Å². The molecule has 0 heterocycles. The first kappa shape index (κ1) is 8.90. The van der Waals surface area contributed by atoms with Crippen LogP contribution in [0.3, 0.4) is 0 Å². The highest BCUT2D eigenvalue weighted by Gasteiger charge is 2.12. The number of nitrogens with one attached hydrogen (secondary N) is 1. The maximum Gasteiger partial charge on any atom is 0.266 e. The molecule has 1 aromatic rings. The first-order chi connectivity index (χ1) is 5.65. The second-order valence-corrected chi connectivity index (χ2v) is 2.29. The third-order valence-electron chi connectivity index (χ3n) is 1.52. The second-order valence-electron chi connectivity index (χ2n) is 2.29. The molecule has 0 amide bonds. The van der Waals surface area contributed by atoms with Gasteiger partial charge in [0.15, 0.2) is 0 Å². The highest BCUT2D eigenvalue weighted by molar-refractivity contribution is 5.44. The molecule has 12 heavy (non-hydrogen) atoms. The fourth-order valence-electron chi connectivity index (χ4n) is 0.860. The van der Waals surface area contributed by atoms with Crippen molar-refractivity contribution in [1.82, 2.24) is 0 Å². The molecular weight excluding hydrogens is 167 g/mol. The minimum atomic E-state index is -2.75. The Kier molecular flexibility index (Phi) is 2.58. The van der Waals surface area contributed by atoms with Crippen LogP contribution < -0.4 is 5.32 Å². The van der Waals surface area contributed by atoms with Crippen LogP contribution in [-0.4, -0.2) is 7.05 Å². The van der Waals surface area contributed by atoms with Gasteiger partial charge in [0.2, 0.25) is 0 Å². The van der Waals surface area contributed by atoms with Crippen LogP contribution >= 0.6 is 0 Å². The second kappa shape index (κ2) is 3.47. The Hall–Kier alpha value is -1.19. The van der Waals surface area contributed by atoms with Crippen molar-refractivity contribution in [2.75, 3.05) is 12.4 Å². The smallest absolute Gasteiger partial charge is 0.266 e. The van der Waals surface area contributed by atoms with Crippen molar-refractivity contribution in [3.8, 4) is 0 Å². The van der Waals surface area contributed by atoms with Crippen molar-refractivity contribution in [2.45, 2.75) is 6.43 Å². The van der Waals surface area contributed by atoms with Crippen LogP contribution in [0.4, 0.5) is 18.9 Å². The Balaban J connectivity index is 3.03. The maximum absolute atomic E-state index is 12.8. The molecule has 0 aliphatic heterocycles. The number of rotatable bonds is 2. The van der Waals surface area contributed by atoms with Gasteiger partial charge in [-0.15, -0.1) is 0 Å². The predicted octanol–water partition coefficient (Wildman–Crippen LogP) is 2.81. The van der Waals surface area contributed by atoms with E-state index < -0.39 is 17.8 Å². The molecule has 1 aromatic carbocycles. The number of anilines is 1. The summed E-state index contributed by atoms with van der Waals surface area (Å²) in [6.45, 7) is 0. The van der Waals surface area contributed by atoms with Crippen LogP contribution in [0, 0.1) is 5.82 Å². The molecule has 0 aliphatic carbocycles. The van der Waals surface area contributed by atoms with Gasteiger partial charge < -0.3 is 5.32 Å². The van der Waals surface area contributed by atoms with Gasteiger partial charge in [-0.05, 0) is 18.2 Å². The average Bonchev–Trinajstić information content (AvgIpc) is 2.03. The lowest BCUT2D eigenvalue weighted by molar-refractivity contribution is 0.146. The van der Waals surface area contributed by atoms with Gasteiger partial charge in [0.1, 0.15) is 5.82 Å². The van der Waals surface area contributed by atoms with Gasteiger partial charge in [-0.1, -0.05) is 0 Å². The zero-order valence-electron chi connectivity index (χ0n) is 6.44. The highest BCUT2D eigenvalue weighted by atomic mass is 19.3. The molecule has 0 radical (unpaired) electrons. The molecular formula is C8H8F3N. The quantitative estimate of drug-likeness (QED) is 0.728. The predicted molar refractivity (Wildman–Crippen MR) is 40.9 cm³/mol. The van der Waals surface area contributed by atoms with Gasteiger partial charge >= 0.3 is 0 Å². The summed E-state index contributed by atoms with van der Waals surface area (Å²) in [7, 11) is 1.59. The Morgan fingerprint density at radius 3 is 2.42 bits per heavy atom. The molecule has 1 rings (SSSR count). The van der Waals surface area contributed by atoms with Gasteiger partial charge in [-0.25, -0.2) is 13.2 Å². The number of alkyl halides is 2. The molecule has 0 spiro atoms. The largest absolute Gasteiger partial charge is 0.388 e. The lowest BCUT2D eigenvalue weighted by atomic mass is 10.2. The molecule has 0 unspecified atom stereocenters. The van der Waals surface area contributed by atoms with E-state index in [1.807, 2.05) is 0 Å². The minimum absolute atomic E-state index is 0.483. The van der Waals surface area contributed by atoms with Gasteiger partial charge in [0.05, 0.1) is 5.56 Å². The molecule has 4 heteroatoms. The van der Waals surface area contributed by atoms with Crippen molar-refractivity contribution < 1.29 is 13.2 Å².